The highest BCUT2D eigenvalue weighted by molar-refractivity contribution is 5.21. The van der Waals surface area contributed by atoms with Gasteiger partial charge in [-0.2, -0.15) is 0 Å². The lowest BCUT2D eigenvalue weighted by atomic mass is 9.92. The van der Waals surface area contributed by atoms with Crippen LogP contribution in [-0.4, -0.2) is 0 Å². The van der Waals surface area contributed by atoms with E-state index in [-0.39, 0.29) is 0 Å². The molecule has 20 heavy (non-hydrogen) atoms. The second kappa shape index (κ2) is 8.79. The second-order valence-corrected chi connectivity index (χ2v) is 6.17. The molecule has 1 atom stereocenters. The molecule has 0 radical (unpaired) electrons. The fourth-order valence-electron chi connectivity index (χ4n) is 2.42. The van der Waals surface area contributed by atoms with E-state index in [1.165, 1.54) is 48.0 Å². The van der Waals surface area contributed by atoms with E-state index >= 15 is 0 Å². The lowest BCUT2D eigenvalue weighted by Crippen LogP contribution is -1.98. The van der Waals surface area contributed by atoms with Crippen molar-refractivity contribution in [2.45, 2.75) is 59.8 Å². The van der Waals surface area contributed by atoms with Crippen LogP contribution in [0.4, 0.5) is 0 Å². The molecule has 0 aromatic heterocycles. The zero-order chi connectivity index (χ0) is 15.0. The van der Waals surface area contributed by atoms with Crippen molar-refractivity contribution in [3.63, 3.8) is 0 Å². The van der Waals surface area contributed by atoms with E-state index in [4.69, 9.17) is 0 Å². The Kier molecular flexibility index (Phi) is 7.36. The quantitative estimate of drug-likeness (QED) is 0.475. The minimum atomic E-state index is 0.502. The maximum Gasteiger partial charge on any atom is -0.00225 e. The van der Waals surface area contributed by atoms with E-state index in [0.29, 0.717) is 5.92 Å². The second-order valence-electron chi connectivity index (χ2n) is 6.17. The van der Waals surface area contributed by atoms with Gasteiger partial charge in [-0.25, -0.2) is 0 Å². The van der Waals surface area contributed by atoms with Gasteiger partial charge >= 0.3 is 0 Å². The van der Waals surface area contributed by atoms with Gasteiger partial charge in [0.05, 0.1) is 0 Å². The van der Waals surface area contributed by atoms with Gasteiger partial charge in [-0.3, -0.25) is 0 Å². The molecule has 0 aromatic carbocycles. The van der Waals surface area contributed by atoms with Crippen LogP contribution in [0.25, 0.3) is 0 Å². The zero-order valence-electron chi connectivity index (χ0n) is 13.7. The molecule has 0 aromatic rings. The number of hydrogen-bond acceptors (Lipinski definition) is 0. The van der Waals surface area contributed by atoms with Crippen LogP contribution < -0.4 is 0 Å². The molecule has 0 heterocycles. The van der Waals surface area contributed by atoms with Gasteiger partial charge in [0, 0.05) is 0 Å². The fraction of sp³-hybridized carbons (Fsp3) is 0.500. The Bertz CT molecular complexity index is 441. The van der Waals surface area contributed by atoms with E-state index in [1.807, 2.05) is 0 Å². The predicted octanol–water partition coefficient (Wildman–Crippen LogP) is 6.54. The maximum absolute atomic E-state index is 4.14. The normalized spacial score (nSPS) is 29.2. The molecule has 0 spiro atoms. The number of allylic oxidation sites excluding steroid dienone is 9. The van der Waals surface area contributed by atoms with Gasteiger partial charge in [0.2, 0.25) is 0 Å². The van der Waals surface area contributed by atoms with Crippen LogP contribution in [0.1, 0.15) is 59.8 Å². The molecule has 0 N–H and O–H groups in total. The molecule has 0 unspecified atom stereocenters. The van der Waals surface area contributed by atoms with Crippen LogP contribution in [0, 0.1) is 5.92 Å². The number of rotatable bonds is 1. The van der Waals surface area contributed by atoms with E-state index in [1.54, 1.807) is 0 Å². The highest BCUT2D eigenvalue weighted by Gasteiger charge is 2.06. The Morgan fingerprint density at radius 2 is 1.75 bits per heavy atom. The molecular weight excluding hydrogens is 240 g/mol. The van der Waals surface area contributed by atoms with Crippen LogP contribution in [0.2, 0.25) is 0 Å². The van der Waals surface area contributed by atoms with Gasteiger partial charge in [-0.15, -0.1) is 0 Å². The summed E-state index contributed by atoms with van der Waals surface area (Å²) in [5.41, 5.74) is 5.63. The Morgan fingerprint density at radius 1 is 1.05 bits per heavy atom. The van der Waals surface area contributed by atoms with Crippen molar-refractivity contribution in [2.75, 3.05) is 0 Å². The maximum atomic E-state index is 4.14. The molecule has 0 amide bonds. The first-order valence-corrected chi connectivity index (χ1v) is 7.80. The van der Waals surface area contributed by atoms with Crippen molar-refractivity contribution < 1.29 is 0 Å². The van der Waals surface area contributed by atoms with Gasteiger partial charge in [-0.1, -0.05) is 59.3 Å². The molecule has 0 saturated carbocycles. The van der Waals surface area contributed by atoms with E-state index < -0.39 is 0 Å². The van der Waals surface area contributed by atoms with Crippen molar-refractivity contribution in [1.82, 2.24) is 0 Å². The topological polar surface area (TPSA) is 0 Å². The van der Waals surface area contributed by atoms with Crippen molar-refractivity contribution in [1.29, 1.82) is 0 Å². The molecule has 0 bridgehead atoms. The smallest absolute Gasteiger partial charge is 0.00225 e. The monoisotopic (exact) mass is 270 g/mol. The highest BCUT2D eigenvalue weighted by Crippen LogP contribution is 2.21. The standard InChI is InChI=1S/C20H30/c1-16(2)20-14-12-18(4)10-6-8-17(3)9-7-11-19(5)13-15-20/h8,10-12,14,20H,1,6-7,9,13,15H2,2-5H3/b14-12+,17-8+,18-10-,19-11?/t20-/m1/s1. The van der Waals surface area contributed by atoms with Gasteiger partial charge in [0.25, 0.3) is 0 Å². The van der Waals surface area contributed by atoms with Gasteiger partial charge < -0.3 is 0 Å². The summed E-state index contributed by atoms with van der Waals surface area (Å²) in [6, 6.07) is 0. The average molecular weight is 270 g/mol. The summed E-state index contributed by atoms with van der Waals surface area (Å²) in [7, 11) is 0. The molecular formula is C20H30. The third kappa shape index (κ3) is 6.75. The van der Waals surface area contributed by atoms with Crippen molar-refractivity contribution >= 4 is 0 Å². The summed E-state index contributed by atoms with van der Waals surface area (Å²) in [5, 5.41) is 0. The van der Waals surface area contributed by atoms with Gasteiger partial charge in [0.1, 0.15) is 0 Å². The zero-order valence-corrected chi connectivity index (χ0v) is 13.7. The van der Waals surface area contributed by atoms with Crippen LogP contribution in [0.3, 0.4) is 0 Å². The van der Waals surface area contributed by atoms with Crippen LogP contribution >= 0.6 is 0 Å². The Morgan fingerprint density at radius 3 is 2.45 bits per heavy atom. The minimum Gasteiger partial charge on any atom is -0.0995 e. The molecule has 0 nitrogen and oxygen atoms in total. The Balaban J connectivity index is 2.88. The molecule has 0 heteroatoms. The molecule has 1 aliphatic carbocycles. The van der Waals surface area contributed by atoms with Crippen LogP contribution in [-0.2, 0) is 0 Å². The third-order valence-electron chi connectivity index (χ3n) is 4.01. The van der Waals surface area contributed by atoms with Gasteiger partial charge in [0.15, 0.2) is 0 Å². The first kappa shape index (κ1) is 16.8. The molecule has 110 valence electrons. The van der Waals surface area contributed by atoms with Crippen LogP contribution in [0.5, 0.6) is 0 Å². The predicted molar refractivity (Wildman–Crippen MR) is 91.8 cm³/mol. The lowest BCUT2D eigenvalue weighted by molar-refractivity contribution is 0.668. The van der Waals surface area contributed by atoms with Crippen LogP contribution in [0.15, 0.2) is 59.3 Å². The van der Waals surface area contributed by atoms with Crippen molar-refractivity contribution in [2.24, 2.45) is 5.92 Å². The Labute approximate surface area is 125 Å². The highest BCUT2D eigenvalue weighted by atomic mass is 14.1. The largest absolute Gasteiger partial charge is 0.0995 e. The molecule has 0 saturated heterocycles. The van der Waals surface area contributed by atoms with Crippen molar-refractivity contribution in [3.05, 3.63) is 59.3 Å². The van der Waals surface area contributed by atoms with E-state index in [0.717, 1.165) is 6.42 Å². The van der Waals surface area contributed by atoms with Crippen molar-refractivity contribution in [3.8, 4) is 0 Å². The summed E-state index contributed by atoms with van der Waals surface area (Å²) >= 11 is 0. The molecule has 0 fully saturated rings. The molecule has 1 aliphatic rings. The number of hydrogen-bond donors (Lipinski definition) is 0. The molecule has 0 aliphatic heterocycles. The summed E-state index contributed by atoms with van der Waals surface area (Å²) in [6.07, 6.45) is 17.4. The minimum absolute atomic E-state index is 0.502. The average Bonchev–Trinajstić information content (AvgIpc) is 2.37. The van der Waals surface area contributed by atoms with Gasteiger partial charge in [-0.05, 0) is 65.7 Å². The Hall–Kier alpha value is -1.30. The summed E-state index contributed by atoms with van der Waals surface area (Å²) in [4.78, 5) is 0. The first-order chi connectivity index (χ1) is 9.49. The van der Waals surface area contributed by atoms with E-state index in [2.05, 4.69) is 64.7 Å². The summed E-state index contributed by atoms with van der Waals surface area (Å²) in [6.45, 7) is 13.0. The SMILES string of the molecule is C=C(C)[C@@H]1/C=C/C(C)=C\C/C=C(\C)CCC=C(C)CC1. The first-order valence-electron chi connectivity index (χ1n) is 7.80. The third-order valence-corrected chi connectivity index (χ3v) is 4.01. The molecule has 1 rings (SSSR count). The van der Waals surface area contributed by atoms with E-state index in [9.17, 15) is 0 Å². The summed E-state index contributed by atoms with van der Waals surface area (Å²) in [5.74, 6) is 0.502. The summed E-state index contributed by atoms with van der Waals surface area (Å²) < 4.78 is 0. The fourth-order valence-corrected chi connectivity index (χ4v) is 2.42. The lowest BCUT2D eigenvalue weighted by Gasteiger charge is -2.13.